The van der Waals surface area contributed by atoms with Gasteiger partial charge in [0.1, 0.15) is 12.2 Å². The second-order valence-electron chi connectivity index (χ2n) is 4.38. The van der Waals surface area contributed by atoms with Crippen LogP contribution in [0.1, 0.15) is 23.2 Å². The van der Waals surface area contributed by atoms with Gasteiger partial charge < -0.3 is 14.2 Å². The number of benzene rings is 1. The van der Waals surface area contributed by atoms with Gasteiger partial charge >= 0.3 is 5.97 Å². The van der Waals surface area contributed by atoms with E-state index in [1.807, 2.05) is 18.2 Å². The van der Waals surface area contributed by atoms with Gasteiger partial charge in [-0.1, -0.05) is 34.1 Å². The largest absolute Gasteiger partial charge is 0.456 e. The number of halogens is 1. The van der Waals surface area contributed by atoms with Crippen molar-refractivity contribution in [2.45, 2.75) is 31.3 Å². The first-order valence-corrected chi connectivity index (χ1v) is 7.37. The summed E-state index contributed by atoms with van der Waals surface area (Å²) in [4.78, 5) is 12.0. The monoisotopic (exact) mass is 328 g/mol. The Morgan fingerprint density at radius 2 is 2.11 bits per heavy atom. The molecular formula is C14H17BrO4. The van der Waals surface area contributed by atoms with Crippen LogP contribution in [0.3, 0.4) is 0 Å². The van der Waals surface area contributed by atoms with Crippen LogP contribution in [-0.4, -0.2) is 36.9 Å². The Kier molecular flexibility index (Phi) is 5.36. The highest BCUT2D eigenvalue weighted by molar-refractivity contribution is 9.09. The summed E-state index contributed by atoms with van der Waals surface area (Å²) >= 11 is 3.38. The first-order chi connectivity index (χ1) is 9.24. The van der Waals surface area contributed by atoms with E-state index >= 15 is 0 Å². The molecule has 3 atom stereocenters. The molecule has 0 saturated carbocycles. The molecule has 1 heterocycles. The first kappa shape index (κ1) is 14.5. The topological polar surface area (TPSA) is 44.8 Å². The summed E-state index contributed by atoms with van der Waals surface area (Å²) in [6.45, 7) is 0. The van der Waals surface area contributed by atoms with Gasteiger partial charge in [0.25, 0.3) is 0 Å². The van der Waals surface area contributed by atoms with E-state index in [1.165, 1.54) is 0 Å². The Balaban J connectivity index is 1.96. The molecule has 1 aliphatic heterocycles. The molecule has 5 heteroatoms. The van der Waals surface area contributed by atoms with Gasteiger partial charge in [0.2, 0.25) is 0 Å². The maximum Gasteiger partial charge on any atom is 0.338 e. The third-order valence-electron chi connectivity index (χ3n) is 3.11. The van der Waals surface area contributed by atoms with E-state index < -0.39 is 0 Å². The number of rotatable bonds is 4. The molecule has 1 aromatic carbocycles. The number of hydrogen-bond acceptors (Lipinski definition) is 4. The summed E-state index contributed by atoms with van der Waals surface area (Å²) in [6.07, 6.45) is 0.846. The number of carbonyl (C=O) groups excluding carboxylic acids is 1. The Labute approximate surface area is 121 Å². The Hall–Kier alpha value is -0.910. The quantitative estimate of drug-likeness (QED) is 0.629. The molecule has 1 aromatic rings. The van der Waals surface area contributed by atoms with Crippen molar-refractivity contribution in [3.8, 4) is 0 Å². The van der Waals surface area contributed by atoms with Gasteiger partial charge in [-0.05, 0) is 18.6 Å². The molecule has 0 amide bonds. The predicted molar refractivity (Wildman–Crippen MR) is 74.3 cm³/mol. The molecule has 0 spiro atoms. The smallest absolute Gasteiger partial charge is 0.338 e. The van der Waals surface area contributed by atoms with Crippen LogP contribution in [0.2, 0.25) is 0 Å². The van der Waals surface area contributed by atoms with Crippen LogP contribution >= 0.6 is 15.9 Å². The zero-order valence-electron chi connectivity index (χ0n) is 10.8. The lowest BCUT2D eigenvalue weighted by atomic mass is 10.1. The molecule has 1 fully saturated rings. The van der Waals surface area contributed by atoms with Crippen LogP contribution in [0, 0.1) is 0 Å². The molecule has 19 heavy (non-hydrogen) atoms. The second-order valence-corrected chi connectivity index (χ2v) is 5.03. The summed E-state index contributed by atoms with van der Waals surface area (Å²) in [5.41, 5.74) is 0.560. The second kappa shape index (κ2) is 7.03. The maximum atomic E-state index is 12.0. The summed E-state index contributed by atoms with van der Waals surface area (Å²) in [7, 11) is 1.62. The Morgan fingerprint density at radius 1 is 1.37 bits per heavy atom. The minimum atomic E-state index is -0.309. The standard InChI is InChI=1S/C14H17BrO4/c1-17-13-8-7-11(12(9-15)18-13)19-14(16)10-5-3-2-4-6-10/h2-6,11-13H,7-9H2,1H3/t11-,12-,13-/m1/s1. The number of hydrogen-bond donors (Lipinski definition) is 0. The van der Waals surface area contributed by atoms with Gasteiger partial charge in [0.15, 0.2) is 6.29 Å². The highest BCUT2D eigenvalue weighted by Gasteiger charge is 2.33. The zero-order chi connectivity index (χ0) is 13.7. The minimum absolute atomic E-state index is 0.175. The molecular weight excluding hydrogens is 312 g/mol. The fraction of sp³-hybridized carbons (Fsp3) is 0.500. The van der Waals surface area contributed by atoms with Gasteiger partial charge in [0, 0.05) is 18.9 Å². The molecule has 0 aromatic heterocycles. The average molecular weight is 329 g/mol. The van der Waals surface area contributed by atoms with Crippen LogP contribution in [0.4, 0.5) is 0 Å². The van der Waals surface area contributed by atoms with E-state index in [-0.39, 0.29) is 24.5 Å². The maximum absolute atomic E-state index is 12.0. The van der Waals surface area contributed by atoms with Crippen molar-refractivity contribution in [1.82, 2.24) is 0 Å². The molecule has 4 nitrogen and oxygen atoms in total. The van der Waals surface area contributed by atoms with E-state index in [1.54, 1.807) is 19.2 Å². The SMILES string of the molecule is CO[C@H]1CC[C@@H](OC(=O)c2ccccc2)[C@@H](CBr)O1. The van der Waals surface area contributed by atoms with Crippen molar-refractivity contribution in [2.24, 2.45) is 0 Å². The van der Waals surface area contributed by atoms with Gasteiger partial charge in [-0.25, -0.2) is 4.79 Å². The van der Waals surface area contributed by atoms with Crippen LogP contribution in [0.25, 0.3) is 0 Å². The highest BCUT2D eigenvalue weighted by Crippen LogP contribution is 2.24. The third-order valence-corrected chi connectivity index (χ3v) is 3.75. The molecule has 0 N–H and O–H groups in total. The van der Waals surface area contributed by atoms with Gasteiger partial charge in [-0.2, -0.15) is 0 Å². The molecule has 0 aliphatic carbocycles. The number of alkyl halides is 1. The lowest BCUT2D eigenvalue weighted by molar-refractivity contribution is -0.204. The number of carbonyl (C=O) groups is 1. The van der Waals surface area contributed by atoms with E-state index in [0.29, 0.717) is 10.9 Å². The van der Waals surface area contributed by atoms with E-state index in [4.69, 9.17) is 14.2 Å². The first-order valence-electron chi connectivity index (χ1n) is 6.25. The van der Waals surface area contributed by atoms with Gasteiger partial charge in [0.05, 0.1) is 5.56 Å². The average Bonchev–Trinajstić information content (AvgIpc) is 2.48. The Morgan fingerprint density at radius 3 is 2.74 bits per heavy atom. The highest BCUT2D eigenvalue weighted by atomic mass is 79.9. The predicted octanol–water partition coefficient (Wildman–Crippen LogP) is 2.76. The summed E-state index contributed by atoms with van der Waals surface area (Å²) in [5, 5.41) is 0.611. The van der Waals surface area contributed by atoms with Crippen LogP contribution < -0.4 is 0 Å². The van der Waals surface area contributed by atoms with Crippen molar-refractivity contribution in [1.29, 1.82) is 0 Å². The van der Waals surface area contributed by atoms with Crippen LogP contribution in [-0.2, 0) is 14.2 Å². The van der Waals surface area contributed by atoms with E-state index in [2.05, 4.69) is 15.9 Å². The molecule has 0 unspecified atom stereocenters. The van der Waals surface area contributed by atoms with Crippen molar-refractivity contribution in [3.63, 3.8) is 0 Å². The third kappa shape index (κ3) is 3.78. The fourth-order valence-electron chi connectivity index (χ4n) is 2.06. The summed E-state index contributed by atoms with van der Waals surface area (Å²) in [5.74, 6) is -0.309. The normalized spacial score (nSPS) is 26.9. The lowest BCUT2D eigenvalue weighted by Crippen LogP contribution is -2.43. The molecule has 2 rings (SSSR count). The molecule has 104 valence electrons. The van der Waals surface area contributed by atoms with Crippen molar-refractivity contribution < 1.29 is 19.0 Å². The zero-order valence-corrected chi connectivity index (χ0v) is 12.3. The summed E-state index contributed by atoms with van der Waals surface area (Å²) < 4.78 is 16.4. The minimum Gasteiger partial charge on any atom is -0.456 e. The van der Waals surface area contributed by atoms with Crippen molar-refractivity contribution >= 4 is 21.9 Å². The van der Waals surface area contributed by atoms with Gasteiger partial charge in [-0.15, -0.1) is 0 Å². The number of ether oxygens (including phenoxy) is 3. The van der Waals surface area contributed by atoms with Crippen molar-refractivity contribution in [2.75, 3.05) is 12.4 Å². The van der Waals surface area contributed by atoms with Crippen LogP contribution in [0.15, 0.2) is 30.3 Å². The van der Waals surface area contributed by atoms with E-state index in [0.717, 1.165) is 12.8 Å². The number of methoxy groups -OCH3 is 1. The van der Waals surface area contributed by atoms with Crippen molar-refractivity contribution in [3.05, 3.63) is 35.9 Å². The van der Waals surface area contributed by atoms with Crippen LogP contribution in [0.5, 0.6) is 0 Å². The molecule has 1 aliphatic rings. The van der Waals surface area contributed by atoms with Gasteiger partial charge in [-0.3, -0.25) is 0 Å². The number of esters is 1. The molecule has 1 saturated heterocycles. The lowest BCUT2D eigenvalue weighted by Gasteiger charge is -2.34. The molecule has 0 radical (unpaired) electrons. The molecule has 0 bridgehead atoms. The van der Waals surface area contributed by atoms with E-state index in [9.17, 15) is 4.79 Å². The summed E-state index contributed by atoms with van der Waals surface area (Å²) in [6, 6.07) is 8.99. The Bertz CT molecular complexity index is 409. The fourth-order valence-corrected chi connectivity index (χ4v) is 2.63.